The molecule has 0 bridgehead atoms. The molecule has 0 aromatic heterocycles. The zero-order valence-corrected chi connectivity index (χ0v) is 26.2. The van der Waals surface area contributed by atoms with Crippen LogP contribution in [0.1, 0.15) is 38.5 Å². The molecular formula is C18H47NO6Si4. The Kier molecular flexibility index (Phi) is 17.5. The van der Waals surface area contributed by atoms with Crippen LogP contribution in [0, 0.1) is 0 Å². The van der Waals surface area contributed by atoms with Crippen molar-refractivity contribution >= 4 is 38.1 Å². The third-order valence-corrected chi connectivity index (χ3v) is 13.8. The van der Waals surface area contributed by atoms with Crippen LogP contribution in [-0.4, -0.2) is 93.8 Å². The second-order valence-electron chi connectivity index (χ2n) is 7.91. The minimum atomic E-state index is -2.39. The van der Waals surface area contributed by atoms with Gasteiger partial charge in [0.05, 0.1) is 0 Å². The smallest absolute Gasteiger partial charge is 0.377 e. The Hall–Kier alpha value is 0.588. The molecule has 0 saturated heterocycles. The summed E-state index contributed by atoms with van der Waals surface area (Å²) in [5.41, 5.74) is 1.67. The van der Waals surface area contributed by atoms with E-state index in [-0.39, 0.29) is 0 Å². The van der Waals surface area contributed by atoms with Crippen LogP contribution < -0.4 is 5.32 Å². The topological polar surface area (TPSA) is 67.4 Å². The van der Waals surface area contributed by atoms with Gasteiger partial charge in [0.15, 0.2) is 0 Å². The Bertz CT molecular complexity index is 339. The summed E-state index contributed by atoms with van der Waals surface area (Å²) in [7, 11) is 7.84. The second-order valence-corrected chi connectivity index (χ2v) is 17.4. The lowest BCUT2D eigenvalue weighted by Gasteiger charge is -2.25. The van der Waals surface area contributed by atoms with Crippen LogP contribution in [0.2, 0.25) is 23.2 Å². The normalized spacial score (nSPS) is 15.1. The van der Waals surface area contributed by atoms with Crippen LogP contribution in [0.25, 0.3) is 0 Å². The molecule has 0 aromatic carbocycles. The van der Waals surface area contributed by atoms with Crippen LogP contribution in [0.3, 0.4) is 0 Å². The van der Waals surface area contributed by atoms with Gasteiger partial charge in [0, 0.05) is 75.2 Å². The van der Waals surface area contributed by atoms with Crippen LogP contribution in [0.15, 0.2) is 0 Å². The van der Waals surface area contributed by atoms with E-state index < -0.39 is 17.6 Å². The Balaban J connectivity index is 3.79. The number of rotatable bonds is 20. The van der Waals surface area contributed by atoms with Gasteiger partial charge in [-0.15, -0.1) is 0 Å². The fourth-order valence-corrected chi connectivity index (χ4v) is 8.45. The summed E-state index contributed by atoms with van der Waals surface area (Å²) < 4.78 is 33.0. The van der Waals surface area contributed by atoms with Crippen LogP contribution >= 0.6 is 0 Å². The van der Waals surface area contributed by atoms with Crippen LogP contribution in [-0.2, 0) is 26.6 Å². The first-order valence-electron chi connectivity index (χ1n) is 10.9. The molecule has 0 saturated carbocycles. The Morgan fingerprint density at radius 1 is 0.586 bits per heavy atom. The molecule has 0 aliphatic carbocycles. The van der Waals surface area contributed by atoms with Gasteiger partial charge in [-0.05, 0) is 38.8 Å². The first-order valence-corrected chi connectivity index (χ1v) is 17.0. The van der Waals surface area contributed by atoms with E-state index in [1.807, 2.05) is 0 Å². The van der Waals surface area contributed by atoms with Gasteiger partial charge >= 0.3 is 17.6 Å². The molecule has 1 N–H and O–H groups in total. The lowest BCUT2D eigenvalue weighted by Crippen LogP contribution is -2.42. The summed E-state index contributed by atoms with van der Waals surface area (Å²) in [5.74, 6) is 0. The zero-order valence-electron chi connectivity index (χ0n) is 20.2. The van der Waals surface area contributed by atoms with E-state index in [0.717, 1.165) is 49.1 Å². The summed E-state index contributed by atoms with van der Waals surface area (Å²) in [6.45, 7) is 2.24. The van der Waals surface area contributed by atoms with Gasteiger partial charge in [-0.1, -0.05) is 23.9 Å². The summed E-state index contributed by atoms with van der Waals surface area (Å²) in [5, 5.41) is 3.64. The van der Waals surface area contributed by atoms with Crippen molar-refractivity contribution in [1.29, 1.82) is 0 Å². The van der Waals surface area contributed by atoms with Crippen molar-refractivity contribution in [1.82, 2.24) is 5.32 Å². The lowest BCUT2D eigenvalue weighted by molar-refractivity contribution is 0.122. The highest BCUT2D eigenvalue weighted by Crippen LogP contribution is 2.22. The molecule has 0 rings (SSSR count). The standard InChI is InChI=1S/C18H47NO6Si4/c1-20-28(21-2,22-3)15-7-9-17(26)11-13-19-14-12-18(27)10-8-16-29(23-4,24-5)25-6/h17-19H,7-16H2,1-6,26-27H3. The maximum Gasteiger partial charge on any atom is 0.500 e. The summed E-state index contributed by atoms with van der Waals surface area (Å²) in [6, 6.07) is 1.81. The third kappa shape index (κ3) is 12.3. The number of hydrogen-bond acceptors (Lipinski definition) is 7. The molecule has 176 valence electrons. The van der Waals surface area contributed by atoms with E-state index >= 15 is 0 Å². The molecule has 0 aromatic rings. The number of hydrogen-bond donors (Lipinski definition) is 1. The molecule has 0 aliphatic rings. The summed E-state index contributed by atoms with van der Waals surface area (Å²) in [6.07, 6.45) is 7.26. The first-order chi connectivity index (χ1) is 13.9. The molecular weight excluding hydrogens is 439 g/mol. The molecule has 0 heterocycles. The predicted octanol–water partition coefficient (Wildman–Crippen LogP) is 0.981. The molecule has 0 radical (unpaired) electrons. The molecule has 0 aliphatic heterocycles. The van der Waals surface area contributed by atoms with Crippen molar-refractivity contribution in [2.24, 2.45) is 0 Å². The highest BCUT2D eigenvalue weighted by Gasteiger charge is 2.37. The molecule has 29 heavy (non-hydrogen) atoms. The van der Waals surface area contributed by atoms with Gasteiger partial charge in [0.1, 0.15) is 0 Å². The van der Waals surface area contributed by atoms with E-state index in [4.69, 9.17) is 26.6 Å². The van der Waals surface area contributed by atoms with Crippen molar-refractivity contribution in [2.45, 2.75) is 61.7 Å². The molecule has 2 unspecified atom stereocenters. The second kappa shape index (κ2) is 17.2. The first kappa shape index (κ1) is 29.6. The van der Waals surface area contributed by atoms with E-state index in [1.165, 1.54) is 46.2 Å². The zero-order chi connectivity index (χ0) is 22.2. The molecule has 0 fully saturated rings. The molecule has 11 heteroatoms. The van der Waals surface area contributed by atoms with Gasteiger partial charge in [-0.25, -0.2) is 0 Å². The van der Waals surface area contributed by atoms with Crippen LogP contribution in [0.5, 0.6) is 0 Å². The molecule has 0 amide bonds. The van der Waals surface area contributed by atoms with E-state index in [2.05, 4.69) is 5.32 Å². The van der Waals surface area contributed by atoms with Gasteiger partial charge in [-0.3, -0.25) is 0 Å². The van der Waals surface area contributed by atoms with Gasteiger partial charge in [0.25, 0.3) is 0 Å². The van der Waals surface area contributed by atoms with Crippen molar-refractivity contribution in [2.75, 3.05) is 55.7 Å². The van der Waals surface area contributed by atoms with Crippen molar-refractivity contribution in [3.8, 4) is 0 Å². The average Bonchev–Trinajstić information content (AvgIpc) is 2.75. The SMILES string of the molecule is CO[Si](CCCC([SiH3])CCNCCC([SiH3])CCC[Si](OC)(OC)OC)(OC)OC. The van der Waals surface area contributed by atoms with E-state index in [9.17, 15) is 0 Å². The fraction of sp³-hybridized carbons (Fsp3) is 1.00. The summed E-state index contributed by atoms with van der Waals surface area (Å²) in [4.78, 5) is 0. The van der Waals surface area contributed by atoms with Gasteiger partial charge < -0.3 is 31.9 Å². The maximum atomic E-state index is 5.50. The third-order valence-electron chi connectivity index (χ3n) is 5.85. The quantitative estimate of drug-likeness (QED) is 0.204. The maximum absolute atomic E-state index is 5.50. The Morgan fingerprint density at radius 2 is 0.897 bits per heavy atom. The largest absolute Gasteiger partial charge is 0.500 e. The van der Waals surface area contributed by atoms with Gasteiger partial charge in [-0.2, -0.15) is 0 Å². The minimum Gasteiger partial charge on any atom is -0.377 e. The molecule has 2 atom stereocenters. The van der Waals surface area contributed by atoms with Crippen LogP contribution in [0.4, 0.5) is 0 Å². The molecule has 7 nitrogen and oxygen atoms in total. The Labute approximate surface area is 187 Å². The van der Waals surface area contributed by atoms with Crippen molar-refractivity contribution in [3.05, 3.63) is 0 Å². The Morgan fingerprint density at radius 3 is 1.17 bits per heavy atom. The monoisotopic (exact) mass is 485 g/mol. The van der Waals surface area contributed by atoms with Gasteiger partial charge in [0.2, 0.25) is 0 Å². The lowest BCUT2D eigenvalue weighted by atomic mass is 10.1. The predicted molar refractivity (Wildman–Crippen MR) is 131 cm³/mol. The van der Waals surface area contributed by atoms with E-state index in [1.54, 1.807) is 42.7 Å². The minimum absolute atomic E-state index is 0.835. The van der Waals surface area contributed by atoms with Crippen molar-refractivity contribution in [3.63, 3.8) is 0 Å². The van der Waals surface area contributed by atoms with Crippen molar-refractivity contribution < 1.29 is 26.6 Å². The number of nitrogens with one attached hydrogen (secondary N) is 1. The van der Waals surface area contributed by atoms with E-state index in [0.29, 0.717) is 0 Å². The molecule has 0 spiro atoms. The average molecular weight is 486 g/mol. The summed E-state index contributed by atoms with van der Waals surface area (Å²) >= 11 is 0. The highest BCUT2D eigenvalue weighted by molar-refractivity contribution is 6.60. The fourth-order valence-electron chi connectivity index (χ4n) is 3.56. The highest BCUT2D eigenvalue weighted by atomic mass is 28.4.